The number of amides is 1. The van der Waals surface area contributed by atoms with Crippen LogP contribution < -0.4 is 5.32 Å². The monoisotopic (exact) mass is 499 g/mol. The van der Waals surface area contributed by atoms with Gasteiger partial charge in [0.15, 0.2) is 11.9 Å². The minimum absolute atomic E-state index is 0.114. The third kappa shape index (κ3) is 4.19. The Morgan fingerprint density at radius 3 is 2.41 bits per heavy atom. The summed E-state index contributed by atoms with van der Waals surface area (Å²) in [6.07, 6.45) is -3.04. The minimum Gasteiger partial charge on any atom is -0.451 e. The van der Waals surface area contributed by atoms with Gasteiger partial charge in [-0.25, -0.2) is 14.3 Å². The molecule has 1 saturated heterocycles. The van der Waals surface area contributed by atoms with E-state index in [1.807, 2.05) is 6.07 Å². The van der Waals surface area contributed by atoms with Crippen LogP contribution in [0.5, 0.6) is 0 Å². The number of anilines is 1. The van der Waals surface area contributed by atoms with Crippen LogP contribution in [0.3, 0.4) is 0 Å². The first-order chi connectivity index (χ1) is 18.0. The first-order valence-corrected chi connectivity index (χ1v) is 11.3. The van der Waals surface area contributed by atoms with Crippen LogP contribution >= 0.6 is 0 Å². The highest BCUT2D eigenvalue weighted by Crippen LogP contribution is 2.42. The van der Waals surface area contributed by atoms with E-state index in [0.29, 0.717) is 11.1 Å². The molecule has 3 N–H and O–H groups in total. The maximum absolute atomic E-state index is 12.8. The van der Waals surface area contributed by atoms with Crippen LogP contribution in [0.25, 0.3) is 5.52 Å². The predicted molar refractivity (Wildman–Crippen MR) is 128 cm³/mol. The predicted octanol–water partition coefficient (Wildman–Crippen LogP) is 1.68. The van der Waals surface area contributed by atoms with Gasteiger partial charge in [0.2, 0.25) is 5.60 Å². The molecular weight excluding hydrogens is 478 g/mol. The maximum atomic E-state index is 12.8. The number of hydrogen-bond acceptors (Lipinski definition) is 9. The molecule has 37 heavy (non-hydrogen) atoms. The van der Waals surface area contributed by atoms with E-state index in [4.69, 9.17) is 9.47 Å². The van der Waals surface area contributed by atoms with Crippen LogP contribution in [-0.2, 0) is 15.1 Å². The van der Waals surface area contributed by atoms with E-state index in [-0.39, 0.29) is 17.1 Å². The third-order valence-corrected chi connectivity index (χ3v) is 6.12. The smallest absolute Gasteiger partial charge is 0.338 e. The summed E-state index contributed by atoms with van der Waals surface area (Å²) in [5.41, 5.74) is -0.958. The van der Waals surface area contributed by atoms with Gasteiger partial charge in [-0.3, -0.25) is 4.79 Å². The van der Waals surface area contributed by atoms with Crippen LogP contribution in [0.1, 0.15) is 26.4 Å². The topological polar surface area (TPSA) is 159 Å². The number of rotatable bonds is 6. The molecule has 2 aromatic carbocycles. The first kappa shape index (κ1) is 24.1. The molecule has 11 nitrogen and oxygen atoms in total. The Morgan fingerprint density at radius 2 is 1.76 bits per heavy atom. The van der Waals surface area contributed by atoms with Crippen molar-refractivity contribution in [1.29, 1.82) is 5.26 Å². The van der Waals surface area contributed by atoms with E-state index < -0.39 is 42.4 Å². The largest absolute Gasteiger partial charge is 0.451 e. The summed E-state index contributed by atoms with van der Waals surface area (Å²) >= 11 is 0. The van der Waals surface area contributed by atoms with Crippen molar-refractivity contribution in [2.75, 3.05) is 11.9 Å². The van der Waals surface area contributed by atoms with Crippen molar-refractivity contribution in [1.82, 2.24) is 14.6 Å². The van der Waals surface area contributed by atoms with Gasteiger partial charge in [-0.1, -0.05) is 36.4 Å². The van der Waals surface area contributed by atoms with Crippen LogP contribution in [-0.4, -0.2) is 61.6 Å². The van der Waals surface area contributed by atoms with Crippen molar-refractivity contribution < 1.29 is 29.3 Å². The molecular formula is C26H21N5O6. The molecule has 1 amide bonds. The van der Waals surface area contributed by atoms with Crippen LogP contribution in [0.2, 0.25) is 0 Å². The number of benzene rings is 2. The Labute approximate surface area is 210 Å². The van der Waals surface area contributed by atoms with Gasteiger partial charge in [0.05, 0.1) is 17.9 Å². The summed E-state index contributed by atoms with van der Waals surface area (Å²) in [7, 11) is 0. The van der Waals surface area contributed by atoms with Gasteiger partial charge >= 0.3 is 5.97 Å². The van der Waals surface area contributed by atoms with Crippen molar-refractivity contribution in [2.45, 2.75) is 23.9 Å². The number of fused-ring (bicyclic) bond motifs is 1. The average molecular weight is 499 g/mol. The van der Waals surface area contributed by atoms with Crippen LogP contribution in [0, 0.1) is 11.3 Å². The summed E-state index contributed by atoms with van der Waals surface area (Å²) in [4.78, 5) is 29.7. The second-order valence-electron chi connectivity index (χ2n) is 8.31. The Kier molecular flexibility index (Phi) is 6.37. The summed E-state index contributed by atoms with van der Waals surface area (Å²) in [6, 6.07) is 21.7. The Morgan fingerprint density at radius 1 is 1.08 bits per heavy atom. The number of aromatic nitrogens is 3. The second kappa shape index (κ2) is 9.79. The van der Waals surface area contributed by atoms with E-state index in [9.17, 15) is 25.1 Å². The average Bonchev–Trinajstić information content (AvgIpc) is 3.50. The molecule has 0 saturated carbocycles. The van der Waals surface area contributed by atoms with E-state index in [1.54, 1.807) is 54.6 Å². The molecule has 2 unspecified atom stereocenters. The summed E-state index contributed by atoms with van der Waals surface area (Å²) in [5.74, 6) is -1.02. The van der Waals surface area contributed by atoms with Crippen molar-refractivity contribution in [3.05, 3.63) is 95.9 Å². The fourth-order valence-corrected chi connectivity index (χ4v) is 4.30. The Balaban J connectivity index is 1.54. The Hall–Kier alpha value is -4.63. The van der Waals surface area contributed by atoms with Crippen LogP contribution in [0.15, 0.2) is 79.1 Å². The molecule has 2 aromatic heterocycles. The number of carbonyl (C=O) groups is 2. The lowest BCUT2D eigenvalue weighted by atomic mass is 9.92. The lowest BCUT2D eigenvalue weighted by molar-refractivity contribution is -0.0696. The van der Waals surface area contributed by atoms with Gasteiger partial charge in [0, 0.05) is 5.56 Å². The number of ether oxygens (including phenoxy) is 2. The number of hydrogen-bond donors (Lipinski definition) is 3. The second-order valence-corrected chi connectivity index (χ2v) is 8.31. The third-order valence-electron chi connectivity index (χ3n) is 6.12. The molecule has 0 bridgehead atoms. The highest BCUT2D eigenvalue weighted by atomic mass is 16.6. The molecule has 0 radical (unpaired) electrons. The van der Waals surface area contributed by atoms with E-state index >= 15 is 0 Å². The Bertz CT molecular complexity index is 1490. The normalized spacial score (nSPS) is 22.9. The fourth-order valence-electron chi connectivity index (χ4n) is 4.30. The van der Waals surface area contributed by atoms with Gasteiger partial charge in [-0.05, 0) is 36.4 Å². The zero-order valence-corrected chi connectivity index (χ0v) is 19.3. The van der Waals surface area contributed by atoms with Crippen molar-refractivity contribution >= 4 is 23.2 Å². The van der Waals surface area contributed by atoms with E-state index in [1.165, 1.54) is 29.0 Å². The standard InChI is InChI=1S/C26H21N5O6/c27-14-26(22(21(33)19(13-32)37-26)36-25(35)17-9-5-2-6-10-17)20-12-11-18-23(28-15-29-31(18)20)30-24(34)16-7-3-1-4-8-16/h1-12,15,19,21-22,32-33H,13H2,(H,28,29,30,34)/t19-,21?,22?,26+/m1/s1. The van der Waals surface area contributed by atoms with Gasteiger partial charge in [0.1, 0.15) is 30.1 Å². The first-order valence-electron chi connectivity index (χ1n) is 11.3. The fraction of sp³-hybridized carbons (Fsp3) is 0.192. The SMILES string of the molecule is N#C[C@@]1(c2ccc3c(NC(=O)c4ccccc4)ncnn23)O[C@H](CO)C(O)C1OC(=O)c1ccccc1. The molecule has 1 fully saturated rings. The molecule has 11 heteroatoms. The molecule has 0 aliphatic carbocycles. The van der Waals surface area contributed by atoms with Gasteiger partial charge in [0.25, 0.3) is 5.91 Å². The van der Waals surface area contributed by atoms with Gasteiger partial charge in [-0.2, -0.15) is 10.4 Å². The van der Waals surface area contributed by atoms with Gasteiger partial charge in [-0.15, -0.1) is 0 Å². The molecule has 3 heterocycles. The molecule has 4 aromatic rings. The zero-order chi connectivity index (χ0) is 26.0. The number of aliphatic hydroxyl groups excluding tert-OH is 2. The minimum atomic E-state index is -2.03. The molecule has 1 aliphatic rings. The summed E-state index contributed by atoms with van der Waals surface area (Å²) < 4.78 is 12.8. The maximum Gasteiger partial charge on any atom is 0.338 e. The number of nitriles is 1. The molecule has 5 rings (SSSR count). The highest BCUT2D eigenvalue weighted by molar-refractivity contribution is 6.05. The summed E-state index contributed by atoms with van der Waals surface area (Å²) in [6.45, 7) is -0.624. The van der Waals surface area contributed by atoms with E-state index in [2.05, 4.69) is 15.4 Å². The number of esters is 1. The summed E-state index contributed by atoms with van der Waals surface area (Å²) in [5, 5.41) is 37.9. The molecule has 1 aliphatic heterocycles. The zero-order valence-electron chi connectivity index (χ0n) is 19.3. The molecule has 4 atom stereocenters. The van der Waals surface area contributed by atoms with Crippen molar-refractivity contribution in [2.24, 2.45) is 0 Å². The van der Waals surface area contributed by atoms with E-state index in [0.717, 1.165) is 0 Å². The lowest BCUT2D eigenvalue weighted by Crippen LogP contribution is -2.44. The number of nitrogens with one attached hydrogen (secondary N) is 1. The van der Waals surface area contributed by atoms with Crippen molar-refractivity contribution in [3.8, 4) is 6.07 Å². The number of nitrogens with zero attached hydrogens (tertiary/aromatic N) is 4. The molecule has 186 valence electrons. The van der Waals surface area contributed by atoms with Gasteiger partial charge < -0.3 is 25.0 Å². The lowest BCUT2D eigenvalue weighted by Gasteiger charge is -2.27. The van der Waals surface area contributed by atoms with Crippen molar-refractivity contribution in [3.63, 3.8) is 0 Å². The highest BCUT2D eigenvalue weighted by Gasteiger charge is 2.60. The molecule has 0 spiro atoms. The quantitative estimate of drug-likeness (QED) is 0.336. The number of carbonyl (C=O) groups excluding carboxylic acids is 2. The number of aliphatic hydroxyl groups is 2. The van der Waals surface area contributed by atoms with Crippen LogP contribution in [0.4, 0.5) is 5.82 Å².